The zero-order valence-corrected chi connectivity index (χ0v) is 25.9. The fourth-order valence-corrected chi connectivity index (χ4v) is 8.44. The van der Waals surface area contributed by atoms with Gasteiger partial charge in [0.05, 0.1) is 33.3 Å². The first-order valence-corrected chi connectivity index (χ1v) is 17.5. The molecule has 2 aliphatic rings. The predicted octanol–water partition coefficient (Wildman–Crippen LogP) is 2.39. The molecular weight excluding hydrogens is 594 g/mol. The number of nitrogens with one attached hydrogen (secondary N) is 1. The van der Waals surface area contributed by atoms with E-state index in [0.717, 1.165) is 17.3 Å². The molecule has 13 heteroatoms. The van der Waals surface area contributed by atoms with Crippen molar-refractivity contribution in [1.29, 1.82) is 0 Å². The SMILES string of the molecule is COCCCS(=O)(=O)c1cccc(OC[C@@H](O)CN[C@H]2COC3(CCN(S(=O)(=O)c4ccc5ncccc5c4)CC3)C2)c1. The molecule has 2 aromatic carbocycles. The molecule has 0 amide bonds. The summed E-state index contributed by atoms with van der Waals surface area (Å²) in [7, 11) is -5.55. The van der Waals surface area contributed by atoms with Gasteiger partial charge < -0.3 is 24.6 Å². The number of aromatic nitrogens is 1. The van der Waals surface area contributed by atoms with Crippen molar-refractivity contribution in [2.45, 2.75) is 53.2 Å². The fourth-order valence-electron chi connectivity index (χ4n) is 5.64. The third-order valence-corrected chi connectivity index (χ3v) is 11.8. The van der Waals surface area contributed by atoms with Gasteiger partial charge in [-0.25, -0.2) is 16.8 Å². The highest BCUT2D eigenvalue weighted by Crippen LogP contribution is 2.37. The minimum atomic E-state index is -3.63. The number of ether oxygens (including phenoxy) is 3. The van der Waals surface area contributed by atoms with Crippen LogP contribution in [0, 0.1) is 0 Å². The second-order valence-corrected chi connectivity index (χ2v) is 15.2. The van der Waals surface area contributed by atoms with E-state index in [0.29, 0.717) is 51.3 Å². The van der Waals surface area contributed by atoms with Crippen LogP contribution >= 0.6 is 0 Å². The van der Waals surface area contributed by atoms with Gasteiger partial charge in [0, 0.05) is 51.0 Å². The van der Waals surface area contributed by atoms with Gasteiger partial charge in [-0.05, 0) is 68.1 Å². The number of pyridine rings is 1. The van der Waals surface area contributed by atoms with Gasteiger partial charge in [-0.3, -0.25) is 4.98 Å². The van der Waals surface area contributed by atoms with E-state index in [1.165, 1.54) is 23.5 Å². The minimum absolute atomic E-state index is 0.00342. The van der Waals surface area contributed by atoms with E-state index in [9.17, 15) is 21.9 Å². The van der Waals surface area contributed by atoms with E-state index < -0.39 is 31.6 Å². The number of benzene rings is 2. The lowest BCUT2D eigenvalue weighted by Gasteiger charge is -2.38. The highest BCUT2D eigenvalue weighted by molar-refractivity contribution is 7.91. The fraction of sp³-hybridized carbons (Fsp3) is 0.500. The molecule has 2 saturated heterocycles. The van der Waals surface area contributed by atoms with Crippen molar-refractivity contribution >= 4 is 30.8 Å². The topological polar surface area (TPSA) is 144 Å². The van der Waals surface area contributed by atoms with Crippen LogP contribution in [0.3, 0.4) is 0 Å². The summed E-state index contributed by atoms with van der Waals surface area (Å²) >= 11 is 0. The lowest BCUT2D eigenvalue weighted by Crippen LogP contribution is -2.47. The van der Waals surface area contributed by atoms with Gasteiger partial charge in [0.2, 0.25) is 10.0 Å². The third kappa shape index (κ3) is 7.72. The molecule has 2 fully saturated rings. The van der Waals surface area contributed by atoms with E-state index >= 15 is 0 Å². The monoisotopic (exact) mass is 633 g/mol. The van der Waals surface area contributed by atoms with Crippen molar-refractivity contribution < 1.29 is 36.2 Å². The second kappa shape index (κ2) is 13.6. The van der Waals surface area contributed by atoms with Crippen LogP contribution in [0.2, 0.25) is 0 Å². The van der Waals surface area contributed by atoms with E-state index in [4.69, 9.17) is 14.2 Å². The van der Waals surface area contributed by atoms with Crippen LogP contribution in [0.4, 0.5) is 0 Å². The van der Waals surface area contributed by atoms with Gasteiger partial charge in [0.25, 0.3) is 0 Å². The molecule has 0 saturated carbocycles. The molecule has 0 bridgehead atoms. The standard InChI is InChI=1S/C30H39N3O8S2/c1-39-15-4-16-42(35,36)27-7-2-6-26(18-27)40-22-25(34)20-32-24-19-30(41-21-24)10-13-33(14-11-30)43(37,38)28-8-9-29-23(17-28)5-3-12-31-29/h2-3,5-9,12,17-18,24-25,32,34H,4,10-11,13-16,19-22H2,1H3/t24-,25+/m1/s1. The van der Waals surface area contributed by atoms with Gasteiger partial charge in [0.15, 0.2) is 9.84 Å². The van der Waals surface area contributed by atoms with Crippen LogP contribution in [0.25, 0.3) is 10.9 Å². The maximum atomic E-state index is 13.3. The lowest BCUT2D eigenvalue weighted by molar-refractivity contribution is -0.0312. The quantitative estimate of drug-likeness (QED) is 0.269. The van der Waals surface area contributed by atoms with Crippen LogP contribution in [0.15, 0.2) is 70.6 Å². The summed E-state index contributed by atoms with van der Waals surface area (Å²) in [5.41, 5.74) is 0.357. The summed E-state index contributed by atoms with van der Waals surface area (Å²) in [6, 6.07) is 15.0. The summed E-state index contributed by atoms with van der Waals surface area (Å²) < 4.78 is 70.1. The van der Waals surface area contributed by atoms with Crippen LogP contribution in [-0.2, 0) is 29.3 Å². The Morgan fingerprint density at radius 2 is 1.91 bits per heavy atom. The summed E-state index contributed by atoms with van der Waals surface area (Å²) in [6.45, 7) is 1.86. The van der Waals surface area contributed by atoms with Crippen molar-refractivity contribution in [3.63, 3.8) is 0 Å². The number of sulfone groups is 1. The third-order valence-electron chi connectivity index (χ3n) is 8.07. The predicted molar refractivity (Wildman–Crippen MR) is 161 cm³/mol. The Balaban J connectivity index is 1.07. The molecule has 0 aliphatic carbocycles. The number of piperidine rings is 1. The number of rotatable bonds is 13. The van der Waals surface area contributed by atoms with Crippen molar-refractivity contribution in [2.24, 2.45) is 0 Å². The molecular formula is C30H39N3O8S2. The molecule has 0 unspecified atom stereocenters. The molecule has 11 nitrogen and oxygen atoms in total. The minimum Gasteiger partial charge on any atom is -0.491 e. The van der Waals surface area contributed by atoms with Crippen molar-refractivity contribution in [2.75, 3.05) is 52.3 Å². The Morgan fingerprint density at radius 1 is 1.09 bits per heavy atom. The zero-order chi connectivity index (χ0) is 30.5. The van der Waals surface area contributed by atoms with Crippen LogP contribution < -0.4 is 10.1 Å². The van der Waals surface area contributed by atoms with Crippen molar-refractivity contribution in [1.82, 2.24) is 14.6 Å². The second-order valence-electron chi connectivity index (χ2n) is 11.2. The molecule has 2 aliphatic heterocycles. The first-order chi connectivity index (χ1) is 20.6. The Labute approximate surface area is 253 Å². The van der Waals surface area contributed by atoms with Gasteiger partial charge in [-0.2, -0.15) is 4.31 Å². The van der Waals surface area contributed by atoms with Crippen molar-refractivity contribution in [3.8, 4) is 5.75 Å². The van der Waals surface area contributed by atoms with Crippen LogP contribution in [0.5, 0.6) is 5.75 Å². The van der Waals surface area contributed by atoms with E-state index in [2.05, 4.69) is 10.3 Å². The maximum absolute atomic E-state index is 13.3. The van der Waals surface area contributed by atoms with E-state index in [1.807, 2.05) is 6.07 Å². The molecule has 2 atom stereocenters. The zero-order valence-electron chi connectivity index (χ0n) is 24.2. The molecule has 1 spiro atoms. The first kappa shape index (κ1) is 31.8. The molecule has 43 heavy (non-hydrogen) atoms. The smallest absolute Gasteiger partial charge is 0.243 e. The number of aliphatic hydroxyl groups is 1. The Hall–Kier alpha value is -2.65. The lowest BCUT2D eigenvalue weighted by atomic mass is 9.88. The maximum Gasteiger partial charge on any atom is 0.243 e. The molecule has 3 heterocycles. The highest BCUT2D eigenvalue weighted by atomic mass is 32.2. The number of hydrogen-bond donors (Lipinski definition) is 2. The molecule has 3 aromatic rings. The number of fused-ring (bicyclic) bond motifs is 1. The largest absolute Gasteiger partial charge is 0.491 e. The summed E-state index contributed by atoms with van der Waals surface area (Å²) in [5, 5.41) is 14.6. The van der Waals surface area contributed by atoms with Crippen LogP contribution in [0.1, 0.15) is 25.7 Å². The van der Waals surface area contributed by atoms with E-state index in [1.54, 1.807) is 42.6 Å². The van der Waals surface area contributed by atoms with E-state index in [-0.39, 0.29) is 34.7 Å². The Morgan fingerprint density at radius 3 is 2.70 bits per heavy atom. The Bertz CT molecular complexity index is 1610. The normalized spacial score (nSPS) is 20.0. The van der Waals surface area contributed by atoms with Gasteiger partial charge in [-0.1, -0.05) is 12.1 Å². The first-order valence-electron chi connectivity index (χ1n) is 14.5. The molecule has 234 valence electrons. The average molecular weight is 634 g/mol. The number of sulfonamides is 1. The molecule has 1 aromatic heterocycles. The van der Waals surface area contributed by atoms with Crippen LogP contribution in [-0.4, -0.2) is 101 Å². The van der Waals surface area contributed by atoms with Gasteiger partial charge in [0.1, 0.15) is 18.5 Å². The Kier molecular flexibility index (Phi) is 10.0. The molecule has 5 rings (SSSR count). The summed E-state index contributed by atoms with van der Waals surface area (Å²) in [4.78, 5) is 4.71. The number of hydrogen-bond acceptors (Lipinski definition) is 10. The number of nitrogens with zero attached hydrogens (tertiary/aromatic N) is 2. The van der Waals surface area contributed by atoms with Gasteiger partial charge in [-0.15, -0.1) is 0 Å². The number of methoxy groups -OCH3 is 1. The summed E-state index contributed by atoms with van der Waals surface area (Å²) in [6.07, 6.45) is 3.18. The number of aliphatic hydroxyl groups excluding tert-OH is 1. The average Bonchev–Trinajstić information content (AvgIpc) is 3.41. The summed E-state index contributed by atoms with van der Waals surface area (Å²) in [5.74, 6) is 0.356. The molecule has 2 N–H and O–H groups in total. The molecule has 0 radical (unpaired) electrons. The highest BCUT2D eigenvalue weighted by Gasteiger charge is 2.44. The van der Waals surface area contributed by atoms with Gasteiger partial charge >= 0.3 is 0 Å². The van der Waals surface area contributed by atoms with Crippen molar-refractivity contribution in [3.05, 3.63) is 60.8 Å².